The lowest BCUT2D eigenvalue weighted by Crippen LogP contribution is -2.19. The summed E-state index contributed by atoms with van der Waals surface area (Å²) in [7, 11) is 2.78. The SMILES string of the molecule is CCOC(=O)c1cn(C)c(NC(=O)CCC(=O)OC)c1C(=O)OCC. The maximum Gasteiger partial charge on any atom is 0.342 e. The molecule has 1 N–H and O–H groups in total. The Bertz CT molecular complexity index is 664. The van der Waals surface area contributed by atoms with Gasteiger partial charge in [-0.1, -0.05) is 0 Å². The first-order valence-electron chi connectivity index (χ1n) is 7.75. The predicted molar refractivity (Wildman–Crippen MR) is 87.2 cm³/mol. The molecule has 0 aliphatic carbocycles. The van der Waals surface area contributed by atoms with E-state index in [1.54, 1.807) is 20.9 Å². The number of hydrogen-bond donors (Lipinski definition) is 1. The van der Waals surface area contributed by atoms with Crippen LogP contribution < -0.4 is 5.32 Å². The Kier molecular flexibility index (Phi) is 7.64. The van der Waals surface area contributed by atoms with E-state index in [1.165, 1.54) is 17.9 Å². The van der Waals surface area contributed by atoms with Crippen LogP contribution in [-0.2, 0) is 30.8 Å². The highest BCUT2D eigenvalue weighted by Crippen LogP contribution is 2.24. The zero-order chi connectivity index (χ0) is 19.0. The molecule has 0 saturated carbocycles. The standard InChI is InChI=1S/C16H22N2O7/c1-5-24-15(21)10-9-18(3)14(13(10)16(22)25-6-2)17-11(19)7-8-12(20)23-4/h9H,5-8H2,1-4H3,(H,17,19). The summed E-state index contributed by atoms with van der Waals surface area (Å²) in [5.74, 6) is -2.39. The van der Waals surface area contributed by atoms with Gasteiger partial charge in [-0.15, -0.1) is 0 Å². The van der Waals surface area contributed by atoms with E-state index in [0.717, 1.165) is 0 Å². The van der Waals surface area contributed by atoms with Crippen LogP contribution >= 0.6 is 0 Å². The molecule has 0 aliphatic heterocycles. The number of esters is 3. The lowest BCUT2D eigenvalue weighted by Gasteiger charge is -2.10. The number of rotatable bonds is 8. The van der Waals surface area contributed by atoms with Crippen LogP contribution in [0.3, 0.4) is 0 Å². The van der Waals surface area contributed by atoms with Gasteiger partial charge < -0.3 is 24.1 Å². The molecular weight excluding hydrogens is 332 g/mol. The Morgan fingerprint density at radius 2 is 1.64 bits per heavy atom. The van der Waals surface area contributed by atoms with Gasteiger partial charge in [0, 0.05) is 19.7 Å². The quantitative estimate of drug-likeness (QED) is 0.552. The largest absolute Gasteiger partial charge is 0.469 e. The van der Waals surface area contributed by atoms with E-state index in [0.29, 0.717) is 0 Å². The molecule has 1 aromatic rings. The molecule has 138 valence electrons. The topological polar surface area (TPSA) is 113 Å². The minimum atomic E-state index is -0.755. The molecule has 9 nitrogen and oxygen atoms in total. The molecule has 0 atom stereocenters. The fraction of sp³-hybridized carbons (Fsp3) is 0.500. The lowest BCUT2D eigenvalue weighted by molar-refractivity contribution is -0.141. The first-order chi connectivity index (χ1) is 11.8. The van der Waals surface area contributed by atoms with Gasteiger partial charge >= 0.3 is 17.9 Å². The smallest absolute Gasteiger partial charge is 0.342 e. The maximum atomic E-state index is 12.2. The number of hydrogen-bond acceptors (Lipinski definition) is 7. The molecular formula is C16H22N2O7. The van der Waals surface area contributed by atoms with Crippen LogP contribution in [-0.4, -0.2) is 48.7 Å². The number of nitrogens with one attached hydrogen (secondary N) is 1. The normalized spacial score (nSPS) is 10.1. The second-order valence-electron chi connectivity index (χ2n) is 4.94. The first kappa shape index (κ1) is 20.2. The minimum absolute atomic E-state index is 0.00827. The minimum Gasteiger partial charge on any atom is -0.469 e. The van der Waals surface area contributed by atoms with Crippen molar-refractivity contribution in [1.82, 2.24) is 4.57 Å². The maximum absolute atomic E-state index is 12.2. The summed E-state index contributed by atoms with van der Waals surface area (Å²) in [6, 6.07) is 0. The van der Waals surface area contributed by atoms with Gasteiger partial charge in [-0.2, -0.15) is 0 Å². The van der Waals surface area contributed by atoms with Gasteiger partial charge in [0.2, 0.25) is 5.91 Å². The molecule has 1 heterocycles. The Hall–Kier alpha value is -2.84. The Balaban J connectivity index is 3.12. The second-order valence-corrected chi connectivity index (χ2v) is 4.94. The van der Waals surface area contributed by atoms with E-state index in [9.17, 15) is 19.2 Å². The van der Waals surface area contributed by atoms with Gasteiger partial charge in [-0.05, 0) is 13.8 Å². The molecule has 1 rings (SSSR count). The molecule has 0 bridgehead atoms. The van der Waals surface area contributed by atoms with Crippen molar-refractivity contribution in [2.75, 3.05) is 25.6 Å². The summed E-state index contributed by atoms with van der Waals surface area (Å²) < 4.78 is 15.8. The number of amides is 1. The molecule has 0 aromatic carbocycles. The van der Waals surface area contributed by atoms with Crippen molar-refractivity contribution in [2.45, 2.75) is 26.7 Å². The second kappa shape index (κ2) is 9.45. The van der Waals surface area contributed by atoms with Gasteiger partial charge in [-0.25, -0.2) is 9.59 Å². The zero-order valence-corrected chi connectivity index (χ0v) is 14.7. The van der Waals surface area contributed by atoms with E-state index in [1.807, 2.05) is 0 Å². The van der Waals surface area contributed by atoms with E-state index >= 15 is 0 Å². The summed E-state index contributed by atoms with van der Waals surface area (Å²) in [6.45, 7) is 3.50. The van der Waals surface area contributed by atoms with Crippen molar-refractivity contribution < 1.29 is 33.4 Å². The highest BCUT2D eigenvalue weighted by atomic mass is 16.5. The average molecular weight is 354 g/mol. The van der Waals surface area contributed by atoms with Gasteiger partial charge in [0.25, 0.3) is 0 Å². The summed E-state index contributed by atoms with van der Waals surface area (Å²) in [5.41, 5.74) is -0.0970. The Morgan fingerprint density at radius 3 is 2.20 bits per heavy atom. The number of ether oxygens (including phenoxy) is 3. The Morgan fingerprint density at radius 1 is 1.04 bits per heavy atom. The van der Waals surface area contributed by atoms with Crippen molar-refractivity contribution in [1.29, 1.82) is 0 Å². The molecule has 0 aliphatic rings. The zero-order valence-electron chi connectivity index (χ0n) is 14.7. The first-order valence-corrected chi connectivity index (χ1v) is 7.75. The number of methoxy groups -OCH3 is 1. The van der Waals surface area contributed by atoms with Crippen LogP contribution in [0.15, 0.2) is 6.20 Å². The third-order valence-corrected chi connectivity index (χ3v) is 3.20. The van der Waals surface area contributed by atoms with Crippen LogP contribution in [0.1, 0.15) is 47.4 Å². The van der Waals surface area contributed by atoms with Crippen LogP contribution in [0, 0.1) is 0 Å². The van der Waals surface area contributed by atoms with E-state index in [2.05, 4.69) is 10.1 Å². The number of carbonyl (C=O) groups excluding carboxylic acids is 4. The van der Waals surface area contributed by atoms with Gasteiger partial charge in [0.15, 0.2) is 0 Å². The van der Waals surface area contributed by atoms with E-state index in [4.69, 9.17) is 9.47 Å². The van der Waals surface area contributed by atoms with E-state index < -0.39 is 23.8 Å². The third-order valence-electron chi connectivity index (χ3n) is 3.20. The van der Waals surface area contributed by atoms with E-state index in [-0.39, 0.29) is 43.0 Å². The molecule has 1 amide bonds. The number of carbonyl (C=O) groups is 4. The molecule has 0 saturated heterocycles. The highest BCUT2D eigenvalue weighted by molar-refractivity contribution is 6.09. The fourth-order valence-electron chi connectivity index (χ4n) is 2.06. The van der Waals surface area contributed by atoms with Crippen LogP contribution in [0.2, 0.25) is 0 Å². The van der Waals surface area contributed by atoms with Gasteiger partial charge in [-0.3, -0.25) is 9.59 Å². The summed E-state index contributed by atoms with van der Waals surface area (Å²) in [4.78, 5) is 47.4. The molecule has 1 aromatic heterocycles. The van der Waals surface area contributed by atoms with Crippen molar-refractivity contribution >= 4 is 29.6 Å². The molecule has 0 spiro atoms. The molecule has 0 radical (unpaired) electrons. The average Bonchev–Trinajstić information content (AvgIpc) is 2.90. The summed E-state index contributed by atoms with van der Waals surface area (Å²) in [5, 5.41) is 2.52. The van der Waals surface area contributed by atoms with Crippen molar-refractivity contribution in [3.05, 3.63) is 17.3 Å². The number of anilines is 1. The van der Waals surface area contributed by atoms with Gasteiger partial charge in [0.1, 0.15) is 11.4 Å². The fourth-order valence-corrected chi connectivity index (χ4v) is 2.06. The number of aromatic nitrogens is 1. The number of aryl methyl sites for hydroxylation is 1. The molecule has 0 fully saturated rings. The van der Waals surface area contributed by atoms with Crippen LogP contribution in [0.25, 0.3) is 0 Å². The number of nitrogens with zero attached hydrogens (tertiary/aromatic N) is 1. The summed E-state index contributed by atoms with van der Waals surface area (Å²) in [6.07, 6.45) is 1.14. The van der Waals surface area contributed by atoms with Gasteiger partial charge in [0.05, 0.1) is 32.3 Å². The van der Waals surface area contributed by atoms with Crippen LogP contribution in [0.5, 0.6) is 0 Å². The monoisotopic (exact) mass is 354 g/mol. The Labute approximate surface area is 145 Å². The van der Waals surface area contributed by atoms with Crippen molar-refractivity contribution in [3.8, 4) is 0 Å². The third kappa shape index (κ3) is 5.33. The van der Waals surface area contributed by atoms with Crippen molar-refractivity contribution in [3.63, 3.8) is 0 Å². The van der Waals surface area contributed by atoms with Crippen LogP contribution in [0.4, 0.5) is 5.82 Å². The summed E-state index contributed by atoms with van der Waals surface area (Å²) >= 11 is 0. The highest BCUT2D eigenvalue weighted by Gasteiger charge is 2.28. The molecule has 9 heteroatoms. The molecule has 0 unspecified atom stereocenters. The lowest BCUT2D eigenvalue weighted by atomic mass is 10.2. The predicted octanol–water partition coefficient (Wildman–Crippen LogP) is 1.27. The van der Waals surface area contributed by atoms with Crippen molar-refractivity contribution in [2.24, 2.45) is 7.05 Å². The molecule has 25 heavy (non-hydrogen) atoms.